The van der Waals surface area contributed by atoms with Crippen molar-refractivity contribution in [1.29, 1.82) is 5.26 Å². The van der Waals surface area contributed by atoms with Crippen LogP contribution in [0.15, 0.2) is 42.6 Å². The number of amides is 2. The number of fused-ring (bicyclic) bond motifs is 2. The average molecular weight is 522 g/mol. The third-order valence-electron chi connectivity index (χ3n) is 8.40. The fourth-order valence-corrected chi connectivity index (χ4v) is 6.18. The molecule has 8 nitrogen and oxygen atoms in total. The smallest absolute Gasteiger partial charge is 0.383 e. The summed E-state index contributed by atoms with van der Waals surface area (Å²) in [5, 5.41) is 17.4. The standard InChI is InChI=1S/C27H26F3N7O/c28-27(29,30)20-12-18(15-33-23(20)32)21-13-22-25(9-11-37(22)35-21)8-10-36(16-25)24(38)34-26(6-3-7-26)19-5-2-1-4-17(19)14-31/h1-2,4-5,12-13,15H,3,6-11,16H2,(H2,32,33)(H,34,38)/t25-/m1/s1. The van der Waals surface area contributed by atoms with Gasteiger partial charge >= 0.3 is 12.2 Å². The molecule has 38 heavy (non-hydrogen) atoms. The number of hydrogen-bond donors (Lipinski definition) is 2. The number of alkyl halides is 3. The maximum atomic E-state index is 13.5. The molecular formula is C27H26F3N7O. The number of carbonyl (C=O) groups is 1. The van der Waals surface area contributed by atoms with Crippen LogP contribution in [-0.2, 0) is 23.7 Å². The number of nitriles is 1. The van der Waals surface area contributed by atoms with Crippen LogP contribution in [0.5, 0.6) is 0 Å². The third-order valence-corrected chi connectivity index (χ3v) is 8.40. The number of nitrogens with one attached hydrogen (secondary N) is 1. The van der Waals surface area contributed by atoms with E-state index in [1.165, 1.54) is 6.20 Å². The van der Waals surface area contributed by atoms with Gasteiger partial charge in [0.1, 0.15) is 5.82 Å². The van der Waals surface area contributed by atoms with Crippen LogP contribution in [-0.4, -0.2) is 38.8 Å². The molecular weight excluding hydrogens is 495 g/mol. The normalized spacial score (nSPS) is 21.7. The first-order chi connectivity index (χ1) is 18.1. The number of nitrogens with two attached hydrogens (primary N) is 1. The minimum absolute atomic E-state index is 0.162. The molecule has 1 saturated heterocycles. The van der Waals surface area contributed by atoms with Crippen molar-refractivity contribution >= 4 is 11.8 Å². The lowest BCUT2D eigenvalue weighted by Crippen LogP contribution is -2.55. The molecule has 1 atom stereocenters. The van der Waals surface area contributed by atoms with E-state index in [0.29, 0.717) is 30.9 Å². The first-order valence-corrected chi connectivity index (χ1v) is 12.6. The van der Waals surface area contributed by atoms with Crippen molar-refractivity contribution in [3.63, 3.8) is 0 Å². The summed E-state index contributed by atoms with van der Waals surface area (Å²) >= 11 is 0. The number of likely N-dealkylation sites (tertiary alicyclic amines) is 1. The summed E-state index contributed by atoms with van der Waals surface area (Å²) in [6.07, 6.45) is 0.769. The van der Waals surface area contributed by atoms with Crippen molar-refractivity contribution in [2.45, 2.75) is 55.8 Å². The SMILES string of the molecule is N#Cc1ccccc1C1(NC(=O)N2CC[C@@]3(CCn4nc(-c5cnc(N)c(C(F)(F)F)c5)cc43)C2)CCC1. The number of aryl methyl sites for hydroxylation is 1. The zero-order valence-corrected chi connectivity index (χ0v) is 20.6. The molecule has 0 unspecified atom stereocenters. The van der Waals surface area contributed by atoms with Crippen molar-refractivity contribution in [2.75, 3.05) is 18.8 Å². The Balaban J connectivity index is 1.23. The maximum absolute atomic E-state index is 13.5. The summed E-state index contributed by atoms with van der Waals surface area (Å²) in [5.74, 6) is -0.566. The van der Waals surface area contributed by atoms with Gasteiger partial charge in [0, 0.05) is 42.5 Å². The number of carbonyl (C=O) groups excluding carboxylic acids is 1. The molecule has 11 heteroatoms. The summed E-state index contributed by atoms with van der Waals surface area (Å²) in [5.41, 5.74) is 6.63. The number of anilines is 1. The molecule has 2 fully saturated rings. The van der Waals surface area contributed by atoms with E-state index < -0.39 is 23.1 Å². The summed E-state index contributed by atoms with van der Waals surface area (Å²) in [4.78, 5) is 19.0. The topological polar surface area (TPSA) is 113 Å². The van der Waals surface area contributed by atoms with Crippen LogP contribution in [0.25, 0.3) is 11.3 Å². The third kappa shape index (κ3) is 3.78. The lowest BCUT2D eigenvalue weighted by Gasteiger charge is -2.44. The van der Waals surface area contributed by atoms with Gasteiger partial charge in [-0.3, -0.25) is 4.68 Å². The van der Waals surface area contributed by atoms with Crippen LogP contribution in [0.1, 0.15) is 54.5 Å². The van der Waals surface area contributed by atoms with Crippen LogP contribution >= 0.6 is 0 Å². The van der Waals surface area contributed by atoms with Crippen LogP contribution in [0.3, 0.4) is 0 Å². The number of urea groups is 1. The Kier molecular flexibility index (Phi) is 5.42. The average Bonchev–Trinajstić information content (AvgIpc) is 3.58. The first kappa shape index (κ1) is 24.3. The number of halogens is 3. The van der Waals surface area contributed by atoms with Crippen LogP contribution in [0, 0.1) is 11.3 Å². The number of hydrogen-bond acceptors (Lipinski definition) is 5. The van der Waals surface area contributed by atoms with Gasteiger partial charge in [0.05, 0.1) is 28.4 Å². The summed E-state index contributed by atoms with van der Waals surface area (Å²) in [6.45, 7) is 1.68. The molecule has 6 rings (SSSR count). The fourth-order valence-electron chi connectivity index (χ4n) is 6.18. The number of pyridine rings is 1. The second kappa shape index (κ2) is 8.48. The van der Waals surface area contributed by atoms with E-state index in [0.717, 1.165) is 49.4 Å². The van der Waals surface area contributed by atoms with Crippen LogP contribution in [0.4, 0.5) is 23.8 Å². The van der Waals surface area contributed by atoms with Gasteiger partial charge in [0.2, 0.25) is 0 Å². The molecule has 1 aromatic carbocycles. The lowest BCUT2D eigenvalue weighted by molar-refractivity contribution is -0.137. The Labute approximate surface area is 217 Å². The predicted molar refractivity (Wildman–Crippen MR) is 133 cm³/mol. The van der Waals surface area contributed by atoms with E-state index in [1.54, 1.807) is 6.07 Å². The molecule has 3 aromatic rings. The highest BCUT2D eigenvalue weighted by atomic mass is 19.4. The van der Waals surface area contributed by atoms with Gasteiger partial charge in [-0.25, -0.2) is 9.78 Å². The molecule has 0 bridgehead atoms. The fraction of sp³-hybridized carbons (Fsp3) is 0.407. The van der Waals surface area contributed by atoms with Gasteiger partial charge in [-0.1, -0.05) is 18.2 Å². The molecule has 1 saturated carbocycles. The van der Waals surface area contributed by atoms with Crippen molar-refractivity contribution < 1.29 is 18.0 Å². The molecule has 3 N–H and O–H groups in total. The van der Waals surface area contributed by atoms with E-state index >= 15 is 0 Å². The van der Waals surface area contributed by atoms with Crippen molar-refractivity contribution in [1.82, 2.24) is 25.0 Å². The number of aromatic nitrogens is 3. The van der Waals surface area contributed by atoms with E-state index in [2.05, 4.69) is 21.5 Å². The highest BCUT2D eigenvalue weighted by molar-refractivity contribution is 5.76. The van der Waals surface area contributed by atoms with Crippen LogP contribution < -0.4 is 11.1 Å². The summed E-state index contributed by atoms with van der Waals surface area (Å²) in [6, 6.07) is 12.3. The van der Waals surface area contributed by atoms with Crippen molar-refractivity contribution in [3.8, 4) is 17.3 Å². The van der Waals surface area contributed by atoms with E-state index in [9.17, 15) is 23.2 Å². The zero-order valence-electron chi connectivity index (χ0n) is 20.6. The van der Waals surface area contributed by atoms with Gasteiger partial charge < -0.3 is 16.0 Å². The van der Waals surface area contributed by atoms with Crippen molar-refractivity contribution in [3.05, 3.63) is 65.0 Å². The summed E-state index contributed by atoms with van der Waals surface area (Å²) < 4.78 is 41.9. The number of rotatable bonds is 3. The minimum Gasteiger partial charge on any atom is -0.383 e. The largest absolute Gasteiger partial charge is 0.419 e. The molecule has 196 valence electrons. The molecule has 1 aliphatic carbocycles. The second-order valence-electron chi connectivity index (χ2n) is 10.5. The number of nitrogen functional groups attached to an aromatic ring is 1. The molecule has 1 spiro atoms. The van der Waals surface area contributed by atoms with E-state index in [1.807, 2.05) is 33.8 Å². The zero-order chi connectivity index (χ0) is 26.7. The lowest BCUT2D eigenvalue weighted by atomic mass is 9.70. The predicted octanol–water partition coefficient (Wildman–Crippen LogP) is 4.55. The van der Waals surface area contributed by atoms with Crippen LogP contribution in [0.2, 0.25) is 0 Å². The highest BCUT2D eigenvalue weighted by Crippen LogP contribution is 2.46. The Morgan fingerprint density at radius 1 is 1.13 bits per heavy atom. The Hall–Kier alpha value is -4.07. The van der Waals surface area contributed by atoms with E-state index in [4.69, 9.17) is 5.73 Å². The second-order valence-corrected chi connectivity index (χ2v) is 10.5. The van der Waals surface area contributed by atoms with E-state index in [-0.39, 0.29) is 17.0 Å². The molecule has 2 aliphatic heterocycles. The van der Waals surface area contributed by atoms with Crippen molar-refractivity contribution in [2.24, 2.45) is 0 Å². The maximum Gasteiger partial charge on any atom is 0.419 e. The van der Waals surface area contributed by atoms with Gasteiger partial charge in [-0.05, 0) is 55.9 Å². The monoisotopic (exact) mass is 521 g/mol. The molecule has 2 aromatic heterocycles. The Morgan fingerprint density at radius 3 is 2.61 bits per heavy atom. The quantitative estimate of drug-likeness (QED) is 0.525. The minimum atomic E-state index is -4.61. The first-order valence-electron chi connectivity index (χ1n) is 12.6. The number of nitrogens with zero attached hydrogens (tertiary/aromatic N) is 5. The highest BCUT2D eigenvalue weighted by Gasteiger charge is 2.49. The summed E-state index contributed by atoms with van der Waals surface area (Å²) in [7, 11) is 0. The number of benzene rings is 1. The molecule has 0 radical (unpaired) electrons. The van der Waals surface area contributed by atoms with Gasteiger partial charge in [0.25, 0.3) is 0 Å². The molecule has 3 aliphatic rings. The van der Waals surface area contributed by atoms with Gasteiger partial charge in [-0.2, -0.15) is 23.5 Å². The molecule has 2 amide bonds. The molecule has 4 heterocycles. The van der Waals surface area contributed by atoms with Gasteiger partial charge in [0.15, 0.2) is 0 Å². The van der Waals surface area contributed by atoms with Gasteiger partial charge in [-0.15, -0.1) is 0 Å². The Morgan fingerprint density at radius 2 is 1.89 bits per heavy atom. The Bertz CT molecular complexity index is 1470.